The Morgan fingerprint density at radius 1 is 1.31 bits per heavy atom. The summed E-state index contributed by atoms with van der Waals surface area (Å²) < 4.78 is 4.35. The van der Waals surface area contributed by atoms with Gasteiger partial charge < -0.3 is 4.74 Å². The Balaban J connectivity index is 3.01. The van der Waals surface area contributed by atoms with Gasteiger partial charge >= 0.3 is 5.97 Å². The van der Waals surface area contributed by atoms with Gasteiger partial charge in [0.25, 0.3) is 5.78 Å². The zero-order chi connectivity index (χ0) is 12.3. The molecule has 0 aliphatic carbocycles. The molecule has 4 heteroatoms. The average Bonchev–Trinajstić information content (AvgIpc) is 2.26. The highest BCUT2D eigenvalue weighted by Gasteiger charge is 2.26. The highest BCUT2D eigenvalue weighted by atomic mass is 35.5. The molecule has 0 N–H and O–H groups in total. The monoisotopic (exact) mass is 240 g/mol. The van der Waals surface area contributed by atoms with Crippen molar-refractivity contribution in [1.82, 2.24) is 0 Å². The third-order valence-corrected chi connectivity index (χ3v) is 2.75. The van der Waals surface area contributed by atoms with Crippen LogP contribution in [0.4, 0.5) is 0 Å². The molecule has 16 heavy (non-hydrogen) atoms. The maximum absolute atomic E-state index is 11.5. The molecule has 0 spiro atoms. The van der Waals surface area contributed by atoms with E-state index in [0.29, 0.717) is 5.56 Å². The first-order chi connectivity index (χ1) is 7.47. The molecule has 0 heterocycles. The van der Waals surface area contributed by atoms with Crippen molar-refractivity contribution >= 4 is 23.4 Å². The van der Waals surface area contributed by atoms with Crippen molar-refractivity contribution in [2.24, 2.45) is 0 Å². The van der Waals surface area contributed by atoms with Gasteiger partial charge in [-0.1, -0.05) is 23.8 Å². The fourth-order valence-electron chi connectivity index (χ4n) is 1.46. The van der Waals surface area contributed by atoms with Crippen LogP contribution in [0.2, 0.25) is 0 Å². The summed E-state index contributed by atoms with van der Waals surface area (Å²) in [5.74, 6) is -1.66. The molecular formula is C12H13ClO3. The first-order valence-electron chi connectivity index (χ1n) is 4.80. The number of ketones is 1. The average molecular weight is 241 g/mol. The van der Waals surface area contributed by atoms with Gasteiger partial charge in [0.15, 0.2) is 0 Å². The summed E-state index contributed by atoms with van der Waals surface area (Å²) in [6, 6.07) is 5.51. The van der Waals surface area contributed by atoms with Gasteiger partial charge in [0.1, 0.15) is 5.38 Å². The van der Waals surface area contributed by atoms with E-state index in [9.17, 15) is 9.59 Å². The van der Waals surface area contributed by atoms with Gasteiger partial charge in [-0.15, -0.1) is 11.6 Å². The molecule has 0 aliphatic rings. The van der Waals surface area contributed by atoms with Crippen LogP contribution in [-0.2, 0) is 14.3 Å². The molecule has 1 aromatic carbocycles. The van der Waals surface area contributed by atoms with Crippen molar-refractivity contribution in [3.05, 3.63) is 34.9 Å². The Morgan fingerprint density at radius 2 is 1.94 bits per heavy atom. The van der Waals surface area contributed by atoms with Crippen molar-refractivity contribution in [3.63, 3.8) is 0 Å². The number of esters is 1. The van der Waals surface area contributed by atoms with Gasteiger partial charge in [0.2, 0.25) is 0 Å². The van der Waals surface area contributed by atoms with Gasteiger partial charge in [-0.3, -0.25) is 4.79 Å². The van der Waals surface area contributed by atoms with E-state index in [-0.39, 0.29) is 0 Å². The normalized spacial score (nSPS) is 12.0. The minimum Gasteiger partial charge on any atom is -0.463 e. The minimum atomic E-state index is -0.979. The zero-order valence-electron chi connectivity index (χ0n) is 9.41. The van der Waals surface area contributed by atoms with Gasteiger partial charge in [-0.05, 0) is 25.0 Å². The second-order valence-electron chi connectivity index (χ2n) is 3.58. The molecule has 1 atom stereocenters. The molecule has 0 amide bonds. The maximum atomic E-state index is 11.5. The quantitative estimate of drug-likeness (QED) is 0.463. The summed E-state index contributed by atoms with van der Waals surface area (Å²) in [7, 11) is 1.16. The van der Waals surface area contributed by atoms with Crippen molar-refractivity contribution in [2.45, 2.75) is 19.2 Å². The Labute approximate surface area is 99.4 Å². The van der Waals surface area contributed by atoms with Crippen molar-refractivity contribution < 1.29 is 14.3 Å². The summed E-state index contributed by atoms with van der Waals surface area (Å²) in [5, 5.41) is -0.979. The number of aryl methyl sites for hydroxylation is 2. The second-order valence-corrected chi connectivity index (χ2v) is 4.01. The molecule has 3 nitrogen and oxygen atoms in total. The van der Waals surface area contributed by atoms with Crippen LogP contribution in [0.5, 0.6) is 0 Å². The minimum absolute atomic E-state index is 0.641. The molecule has 0 radical (unpaired) electrons. The summed E-state index contributed by atoms with van der Waals surface area (Å²) in [6.07, 6.45) is 0. The Bertz CT molecular complexity index is 426. The van der Waals surface area contributed by atoms with Crippen molar-refractivity contribution in [2.75, 3.05) is 7.11 Å². The van der Waals surface area contributed by atoms with E-state index in [2.05, 4.69) is 4.74 Å². The third-order valence-electron chi connectivity index (χ3n) is 2.32. The SMILES string of the molecule is COC(=O)C(=O)C(Cl)c1ccc(C)cc1C. The smallest absolute Gasteiger partial charge is 0.376 e. The molecule has 0 aromatic heterocycles. The molecule has 1 aromatic rings. The van der Waals surface area contributed by atoms with Crippen LogP contribution in [0, 0.1) is 13.8 Å². The van der Waals surface area contributed by atoms with Crippen LogP contribution in [0.15, 0.2) is 18.2 Å². The Morgan fingerprint density at radius 3 is 2.44 bits per heavy atom. The van der Waals surface area contributed by atoms with E-state index >= 15 is 0 Å². The van der Waals surface area contributed by atoms with E-state index < -0.39 is 17.1 Å². The number of hydrogen-bond donors (Lipinski definition) is 0. The van der Waals surface area contributed by atoms with Gasteiger partial charge in [0.05, 0.1) is 7.11 Å². The molecule has 0 saturated heterocycles. The number of ether oxygens (including phenoxy) is 1. The lowest BCUT2D eigenvalue weighted by Gasteiger charge is -2.11. The van der Waals surface area contributed by atoms with E-state index in [0.717, 1.165) is 18.2 Å². The number of carbonyl (C=O) groups excluding carboxylic acids is 2. The lowest BCUT2D eigenvalue weighted by Crippen LogP contribution is -2.20. The third kappa shape index (κ3) is 2.61. The molecular weight excluding hydrogens is 228 g/mol. The standard InChI is InChI=1S/C12H13ClO3/c1-7-4-5-9(8(2)6-7)10(13)11(14)12(15)16-3/h4-6,10H,1-3H3. The summed E-state index contributed by atoms with van der Waals surface area (Å²) in [5.41, 5.74) is 2.61. The molecule has 0 fully saturated rings. The molecule has 0 bridgehead atoms. The maximum Gasteiger partial charge on any atom is 0.376 e. The second kappa shape index (κ2) is 5.12. The molecule has 0 aliphatic heterocycles. The number of carbonyl (C=O) groups is 2. The molecule has 1 unspecified atom stereocenters. The van der Waals surface area contributed by atoms with E-state index in [1.807, 2.05) is 26.0 Å². The van der Waals surface area contributed by atoms with Crippen LogP contribution in [-0.4, -0.2) is 18.9 Å². The van der Waals surface area contributed by atoms with Crippen LogP contribution >= 0.6 is 11.6 Å². The van der Waals surface area contributed by atoms with Crippen LogP contribution in [0.25, 0.3) is 0 Å². The fourth-order valence-corrected chi connectivity index (χ4v) is 1.79. The van der Waals surface area contributed by atoms with Gasteiger partial charge in [0, 0.05) is 0 Å². The largest absolute Gasteiger partial charge is 0.463 e. The van der Waals surface area contributed by atoms with E-state index in [1.54, 1.807) is 6.07 Å². The van der Waals surface area contributed by atoms with Crippen LogP contribution < -0.4 is 0 Å². The van der Waals surface area contributed by atoms with E-state index in [1.165, 1.54) is 0 Å². The van der Waals surface area contributed by atoms with Gasteiger partial charge in [-0.2, -0.15) is 0 Å². The molecule has 86 valence electrons. The first kappa shape index (κ1) is 12.7. The number of benzene rings is 1. The van der Waals surface area contributed by atoms with Crippen LogP contribution in [0.1, 0.15) is 22.1 Å². The Hall–Kier alpha value is -1.35. The number of alkyl halides is 1. The fraction of sp³-hybridized carbons (Fsp3) is 0.333. The van der Waals surface area contributed by atoms with Crippen LogP contribution in [0.3, 0.4) is 0 Å². The summed E-state index contributed by atoms with van der Waals surface area (Å²) in [6.45, 7) is 3.80. The van der Waals surface area contributed by atoms with Crippen molar-refractivity contribution in [1.29, 1.82) is 0 Å². The number of hydrogen-bond acceptors (Lipinski definition) is 3. The highest BCUT2D eigenvalue weighted by molar-refractivity contribution is 6.47. The number of Topliss-reactive ketones (excluding diaryl/α,β-unsaturated/α-hetero) is 1. The van der Waals surface area contributed by atoms with E-state index in [4.69, 9.17) is 11.6 Å². The Kier molecular flexibility index (Phi) is 4.07. The lowest BCUT2D eigenvalue weighted by molar-refractivity contribution is -0.151. The zero-order valence-corrected chi connectivity index (χ0v) is 10.2. The first-order valence-corrected chi connectivity index (χ1v) is 5.24. The number of methoxy groups -OCH3 is 1. The predicted molar refractivity (Wildman–Crippen MR) is 61.5 cm³/mol. The topological polar surface area (TPSA) is 43.4 Å². The predicted octanol–water partition coefficient (Wildman–Crippen LogP) is 2.33. The highest BCUT2D eigenvalue weighted by Crippen LogP contribution is 2.25. The molecule has 1 rings (SSSR count). The van der Waals surface area contributed by atoms with Crippen molar-refractivity contribution in [3.8, 4) is 0 Å². The molecule has 0 saturated carbocycles. The number of rotatable bonds is 3. The summed E-state index contributed by atoms with van der Waals surface area (Å²) >= 11 is 5.94. The number of halogens is 1. The summed E-state index contributed by atoms with van der Waals surface area (Å²) in [4.78, 5) is 22.6. The van der Waals surface area contributed by atoms with Gasteiger partial charge in [-0.25, -0.2) is 4.79 Å². The lowest BCUT2D eigenvalue weighted by atomic mass is 10.0.